The molecule has 2 fully saturated rings. The van der Waals surface area contributed by atoms with E-state index in [1.807, 2.05) is 13.8 Å². The molecule has 8 atom stereocenters. The van der Waals surface area contributed by atoms with E-state index in [1.54, 1.807) is 13.8 Å². The molecule has 0 bridgehead atoms. The minimum Gasteiger partial charge on any atom is -0.465 e. The number of ether oxygens (including phenoxy) is 4. The summed E-state index contributed by atoms with van der Waals surface area (Å²) < 4.78 is 60.1. The lowest BCUT2D eigenvalue weighted by Crippen LogP contribution is -2.50. The highest BCUT2D eigenvalue weighted by Gasteiger charge is 2.52. The zero-order valence-corrected chi connectivity index (χ0v) is 22.9. The smallest absolute Gasteiger partial charge is 0.406 e. The van der Waals surface area contributed by atoms with Gasteiger partial charge in [0.1, 0.15) is 30.4 Å². The largest absolute Gasteiger partial charge is 0.465 e. The maximum atomic E-state index is 14.0. The number of nitrogens with zero attached hydrogens (tertiary/aromatic N) is 4. The average Bonchev–Trinajstić information content (AvgIpc) is 3.41. The maximum absolute atomic E-state index is 14.0. The first-order chi connectivity index (χ1) is 18.5. The van der Waals surface area contributed by atoms with Crippen molar-refractivity contribution in [3.63, 3.8) is 0 Å². The van der Waals surface area contributed by atoms with Crippen LogP contribution in [0.3, 0.4) is 0 Å². The number of esters is 2. The van der Waals surface area contributed by atoms with Crippen molar-refractivity contribution in [2.45, 2.75) is 76.9 Å². The van der Waals surface area contributed by atoms with Crippen molar-refractivity contribution in [3.8, 4) is 0 Å². The number of hydrogen-bond acceptors (Lipinski definition) is 14. The number of aliphatic hydroxyl groups excluding tert-OH is 1. The Labute approximate surface area is 224 Å². The van der Waals surface area contributed by atoms with Crippen LogP contribution in [-0.2, 0) is 42.1 Å². The monoisotopic (exact) mass is 577 g/mol. The number of amidine groups is 1. The van der Waals surface area contributed by atoms with E-state index in [1.165, 1.54) is 11.2 Å². The number of fused-ring (bicyclic) bond motifs is 2. The van der Waals surface area contributed by atoms with Crippen molar-refractivity contribution in [2.75, 3.05) is 26.6 Å². The Morgan fingerprint density at radius 2 is 2.15 bits per heavy atom. The van der Waals surface area contributed by atoms with Gasteiger partial charge in [-0.15, -0.1) is 0 Å². The Balaban J connectivity index is 1.53. The summed E-state index contributed by atoms with van der Waals surface area (Å²) in [5.74, 6) is -1.58. The van der Waals surface area contributed by atoms with Crippen LogP contribution < -0.4 is 5.09 Å². The van der Waals surface area contributed by atoms with Crippen molar-refractivity contribution in [1.82, 2.24) is 9.99 Å². The maximum Gasteiger partial charge on any atom is 0.406 e. The van der Waals surface area contributed by atoms with Crippen LogP contribution in [0.5, 0.6) is 0 Å². The summed E-state index contributed by atoms with van der Waals surface area (Å²) >= 11 is 0. The lowest BCUT2D eigenvalue weighted by atomic mass is 10.1. The van der Waals surface area contributed by atoms with Crippen LogP contribution in [0, 0.1) is 5.92 Å². The van der Waals surface area contributed by atoms with E-state index in [0.29, 0.717) is 5.71 Å². The van der Waals surface area contributed by atoms with Crippen LogP contribution in [0.2, 0.25) is 0 Å². The van der Waals surface area contributed by atoms with Crippen molar-refractivity contribution < 1.29 is 51.6 Å². The molecule has 4 aliphatic rings. The fourth-order valence-electron chi connectivity index (χ4n) is 4.54. The van der Waals surface area contributed by atoms with Crippen molar-refractivity contribution in [2.24, 2.45) is 20.9 Å². The van der Waals surface area contributed by atoms with Crippen LogP contribution >= 0.6 is 7.75 Å². The summed E-state index contributed by atoms with van der Waals surface area (Å²) in [7, 11) is -4.33. The summed E-state index contributed by atoms with van der Waals surface area (Å²) in [5, 5.41) is 13.7. The molecule has 4 unspecified atom stereocenters. The Bertz CT molecular complexity index is 1070. The number of hydrogen-bond donors (Lipinski definition) is 2. The number of aliphatic imine (C=N–C) groups is 3. The van der Waals surface area contributed by atoms with E-state index in [4.69, 9.17) is 28.0 Å². The minimum absolute atomic E-state index is 0.00572. The van der Waals surface area contributed by atoms with Gasteiger partial charge in [0.05, 0.1) is 19.6 Å². The average molecular weight is 578 g/mol. The zero-order valence-electron chi connectivity index (χ0n) is 22.0. The number of carbonyl (C=O) groups excluding carboxylic acids is 2. The number of carbonyl (C=O) groups is 2. The molecule has 2 saturated heterocycles. The van der Waals surface area contributed by atoms with Gasteiger partial charge in [-0.2, -0.15) is 4.39 Å². The van der Waals surface area contributed by atoms with Gasteiger partial charge in [-0.25, -0.2) is 24.4 Å². The van der Waals surface area contributed by atoms with Crippen LogP contribution in [0.25, 0.3) is 0 Å². The van der Waals surface area contributed by atoms with Gasteiger partial charge >= 0.3 is 25.8 Å². The fraction of sp³-hybridized carbons (Fsp3) is 0.773. The topological polar surface area (TPSA) is 179 Å². The van der Waals surface area contributed by atoms with Crippen LogP contribution in [0.4, 0.5) is 4.39 Å². The number of rotatable bonds is 7. The molecule has 0 amide bonds. The Hall–Kier alpha value is -2.33. The molecule has 0 aliphatic carbocycles. The van der Waals surface area contributed by atoms with Gasteiger partial charge in [0.25, 0.3) is 0 Å². The second-order valence-corrected chi connectivity index (χ2v) is 11.4. The highest BCUT2D eigenvalue weighted by Crippen LogP contribution is 2.46. The standard InChI is InChI=1S/C22H33FN5O10P/c1-5-33-21(31)13(6-11(2)3)27-39(32)36-7-14-18(35-10-34-15(29)8-37-39)17(30)20(38-14)28-9-24-16-12(4)25-22(23)26-19(16)28/h9,11,13-14,16-20,30H,5-8,10H2,1-4H3,(H,27,32)/t13-,14?,16?,17-,18+,19?,20+,39?/m0/s1. The van der Waals surface area contributed by atoms with Gasteiger partial charge in [0.2, 0.25) is 0 Å². The molecule has 0 aromatic heterocycles. The van der Waals surface area contributed by atoms with E-state index in [-0.39, 0.29) is 18.9 Å². The highest BCUT2D eigenvalue weighted by atomic mass is 31.2. The van der Waals surface area contributed by atoms with Gasteiger partial charge in [-0.1, -0.05) is 13.8 Å². The quantitative estimate of drug-likeness (QED) is 0.244. The second kappa shape index (κ2) is 12.5. The van der Waals surface area contributed by atoms with E-state index in [0.717, 1.165) is 0 Å². The molecule has 4 aliphatic heterocycles. The summed E-state index contributed by atoms with van der Waals surface area (Å²) in [5.41, 5.74) is 0.405. The Morgan fingerprint density at radius 3 is 2.87 bits per heavy atom. The summed E-state index contributed by atoms with van der Waals surface area (Å²) in [6.07, 6.45) is -4.82. The summed E-state index contributed by atoms with van der Waals surface area (Å²) in [6, 6.07) is -1.63. The molecule has 17 heteroatoms. The number of cyclic esters (lactones) is 1. The van der Waals surface area contributed by atoms with E-state index < -0.39 is 88.6 Å². The fourth-order valence-corrected chi connectivity index (χ4v) is 5.97. The summed E-state index contributed by atoms with van der Waals surface area (Å²) in [4.78, 5) is 38.0. The van der Waals surface area contributed by atoms with E-state index in [2.05, 4.69) is 20.1 Å². The van der Waals surface area contributed by atoms with Gasteiger partial charge < -0.3 is 29.0 Å². The molecule has 4 heterocycles. The van der Waals surface area contributed by atoms with Crippen molar-refractivity contribution in [3.05, 3.63) is 0 Å². The Morgan fingerprint density at radius 1 is 1.38 bits per heavy atom. The molecule has 0 spiro atoms. The van der Waals surface area contributed by atoms with E-state index >= 15 is 0 Å². The molecule has 218 valence electrons. The molecule has 0 aromatic carbocycles. The lowest BCUT2D eigenvalue weighted by Gasteiger charge is -2.32. The van der Waals surface area contributed by atoms with Crippen LogP contribution in [-0.4, -0.2) is 109 Å². The molecular formula is C22H33FN5O10P. The van der Waals surface area contributed by atoms with Crippen LogP contribution in [0.1, 0.15) is 34.1 Å². The first kappa shape index (κ1) is 29.6. The molecule has 2 N–H and O–H groups in total. The molecule has 0 radical (unpaired) electrons. The van der Waals surface area contributed by atoms with Crippen molar-refractivity contribution in [1.29, 1.82) is 0 Å². The third kappa shape index (κ3) is 6.88. The predicted octanol–water partition coefficient (Wildman–Crippen LogP) is 0.519. The summed E-state index contributed by atoms with van der Waals surface area (Å²) in [6.45, 7) is 5.30. The molecule has 15 nitrogen and oxygen atoms in total. The lowest BCUT2D eigenvalue weighted by molar-refractivity contribution is -0.169. The van der Waals surface area contributed by atoms with Crippen LogP contribution in [0.15, 0.2) is 15.0 Å². The predicted molar refractivity (Wildman–Crippen MR) is 133 cm³/mol. The molecule has 0 aromatic rings. The third-order valence-electron chi connectivity index (χ3n) is 6.32. The SMILES string of the molecule is CCOC(=O)[C@H](CC(C)C)NP1(=O)OCC(=O)OCO[C@@H]2C(CO1)O[C@@H](N1C=NC3C(C)=NC(F)=NC31)[C@H]2O. The number of nitrogens with one attached hydrogen (secondary N) is 1. The molecular weight excluding hydrogens is 544 g/mol. The van der Waals surface area contributed by atoms with Gasteiger partial charge in [-0.3, -0.25) is 18.8 Å². The molecule has 4 rings (SSSR count). The van der Waals surface area contributed by atoms with E-state index in [9.17, 15) is 23.7 Å². The van der Waals surface area contributed by atoms with Crippen molar-refractivity contribution >= 4 is 37.8 Å². The number of halogens is 1. The molecule has 39 heavy (non-hydrogen) atoms. The highest BCUT2D eigenvalue weighted by molar-refractivity contribution is 7.51. The first-order valence-electron chi connectivity index (χ1n) is 12.5. The Kier molecular flexibility index (Phi) is 9.47. The normalized spacial score (nSPS) is 35.9. The first-order valence-corrected chi connectivity index (χ1v) is 14.1. The van der Waals surface area contributed by atoms with Gasteiger partial charge in [0, 0.05) is 5.71 Å². The third-order valence-corrected chi connectivity index (χ3v) is 7.91. The zero-order chi connectivity index (χ0) is 28.3. The minimum atomic E-state index is -4.33. The molecule has 0 saturated carbocycles. The number of aliphatic hydroxyl groups is 1. The second-order valence-electron chi connectivity index (χ2n) is 9.67. The van der Waals surface area contributed by atoms with Gasteiger partial charge in [0.15, 0.2) is 25.8 Å². The van der Waals surface area contributed by atoms with Gasteiger partial charge in [-0.05, 0) is 26.2 Å².